The quantitative estimate of drug-likeness (QED) is 0.752. The predicted molar refractivity (Wildman–Crippen MR) is 80.8 cm³/mol. The summed E-state index contributed by atoms with van der Waals surface area (Å²) in [6.45, 7) is 10.8. The first-order valence-corrected chi connectivity index (χ1v) is 8.07. The van der Waals surface area contributed by atoms with Gasteiger partial charge in [-0.3, -0.25) is 10.1 Å². The van der Waals surface area contributed by atoms with E-state index in [1.165, 1.54) is 6.42 Å². The van der Waals surface area contributed by atoms with E-state index >= 15 is 0 Å². The van der Waals surface area contributed by atoms with Crippen LogP contribution < -0.4 is 5.32 Å². The van der Waals surface area contributed by atoms with Gasteiger partial charge in [0, 0.05) is 18.6 Å². The third kappa shape index (κ3) is 3.73. The van der Waals surface area contributed by atoms with Crippen LogP contribution in [0.1, 0.15) is 53.4 Å². The minimum atomic E-state index is -0.781. The van der Waals surface area contributed by atoms with Gasteiger partial charge in [-0.2, -0.15) is 0 Å². The van der Waals surface area contributed by atoms with Crippen LogP contribution in [0.15, 0.2) is 0 Å². The lowest BCUT2D eigenvalue weighted by Gasteiger charge is -2.33. The average Bonchev–Trinajstić information content (AvgIpc) is 3.01. The molecule has 4 heteroatoms. The van der Waals surface area contributed by atoms with Gasteiger partial charge in [-0.1, -0.05) is 13.8 Å². The van der Waals surface area contributed by atoms with Crippen molar-refractivity contribution in [1.29, 1.82) is 0 Å². The molecule has 0 amide bonds. The molecule has 0 aromatic heterocycles. The molecule has 1 aliphatic carbocycles. The minimum absolute atomic E-state index is 0.325. The molecule has 2 rings (SSSR count). The van der Waals surface area contributed by atoms with E-state index in [-0.39, 0.29) is 0 Å². The van der Waals surface area contributed by atoms with E-state index in [4.69, 9.17) is 0 Å². The summed E-state index contributed by atoms with van der Waals surface area (Å²) in [5, 5.41) is 12.9. The first-order valence-electron chi connectivity index (χ1n) is 8.07. The molecule has 1 saturated carbocycles. The van der Waals surface area contributed by atoms with Gasteiger partial charge < -0.3 is 10.0 Å². The molecule has 2 aliphatic rings. The van der Waals surface area contributed by atoms with E-state index in [0.717, 1.165) is 37.8 Å². The second-order valence-corrected chi connectivity index (χ2v) is 7.40. The summed E-state index contributed by atoms with van der Waals surface area (Å²) < 4.78 is 0. The van der Waals surface area contributed by atoms with E-state index in [1.54, 1.807) is 0 Å². The van der Waals surface area contributed by atoms with Crippen molar-refractivity contribution in [3.63, 3.8) is 0 Å². The fraction of sp³-hybridized carbons (Fsp3) is 0.938. The van der Waals surface area contributed by atoms with Gasteiger partial charge in [0.05, 0.1) is 0 Å². The van der Waals surface area contributed by atoms with E-state index in [1.807, 2.05) is 6.92 Å². The second-order valence-electron chi connectivity index (χ2n) is 7.40. The van der Waals surface area contributed by atoms with Crippen molar-refractivity contribution in [2.24, 2.45) is 11.8 Å². The second kappa shape index (κ2) is 6.02. The number of carboxylic acids is 1. The summed E-state index contributed by atoms with van der Waals surface area (Å²) >= 11 is 0. The van der Waals surface area contributed by atoms with E-state index in [0.29, 0.717) is 18.5 Å². The first-order chi connectivity index (χ1) is 9.32. The number of carbonyl (C=O) groups is 1. The molecular weight excluding hydrogens is 252 g/mol. The topological polar surface area (TPSA) is 52.6 Å². The maximum Gasteiger partial charge on any atom is 0.323 e. The van der Waals surface area contributed by atoms with Crippen LogP contribution >= 0.6 is 0 Å². The van der Waals surface area contributed by atoms with Crippen LogP contribution in [0.4, 0.5) is 0 Å². The Kier molecular flexibility index (Phi) is 4.75. The molecule has 0 bridgehead atoms. The van der Waals surface area contributed by atoms with Crippen LogP contribution in [-0.4, -0.2) is 46.7 Å². The molecule has 2 fully saturated rings. The molecule has 0 spiro atoms. The third-order valence-electron chi connectivity index (χ3n) is 5.10. The lowest BCUT2D eigenvalue weighted by atomic mass is 9.92. The number of aliphatic carboxylic acids is 1. The van der Waals surface area contributed by atoms with Gasteiger partial charge in [-0.25, -0.2) is 0 Å². The molecule has 0 aromatic carbocycles. The van der Waals surface area contributed by atoms with Crippen molar-refractivity contribution in [3.8, 4) is 0 Å². The molecule has 3 atom stereocenters. The molecule has 4 nitrogen and oxygen atoms in total. The van der Waals surface area contributed by atoms with Gasteiger partial charge in [0.15, 0.2) is 0 Å². The van der Waals surface area contributed by atoms with Crippen molar-refractivity contribution >= 4 is 5.97 Å². The Balaban J connectivity index is 1.91. The number of nitrogens with zero attached hydrogens (tertiary/aromatic N) is 1. The van der Waals surface area contributed by atoms with Crippen molar-refractivity contribution in [3.05, 3.63) is 0 Å². The molecule has 1 heterocycles. The van der Waals surface area contributed by atoms with Gasteiger partial charge in [-0.05, 0) is 57.9 Å². The van der Waals surface area contributed by atoms with E-state index in [2.05, 4.69) is 31.0 Å². The molecule has 0 radical (unpaired) electrons. The number of hydrogen-bond donors (Lipinski definition) is 2. The van der Waals surface area contributed by atoms with Gasteiger partial charge in [0.2, 0.25) is 0 Å². The summed E-state index contributed by atoms with van der Waals surface area (Å²) in [4.78, 5) is 14.1. The Hall–Kier alpha value is -0.610. The molecule has 1 saturated heterocycles. The van der Waals surface area contributed by atoms with Crippen molar-refractivity contribution < 1.29 is 9.90 Å². The summed E-state index contributed by atoms with van der Waals surface area (Å²) in [7, 11) is 0. The molecule has 0 aromatic rings. The first kappa shape index (κ1) is 15.8. The van der Waals surface area contributed by atoms with Crippen LogP contribution in [0, 0.1) is 11.8 Å². The maximum absolute atomic E-state index is 11.6. The van der Waals surface area contributed by atoms with Crippen molar-refractivity contribution in [2.75, 3.05) is 13.1 Å². The smallest absolute Gasteiger partial charge is 0.323 e. The molecular formula is C16H30N2O2. The Morgan fingerprint density at radius 2 is 2.00 bits per heavy atom. The molecule has 2 N–H and O–H groups in total. The van der Waals surface area contributed by atoms with Gasteiger partial charge in [-0.15, -0.1) is 0 Å². The Morgan fingerprint density at radius 3 is 2.45 bits per heavy atom. The van der Waals surface area contributed by atoms with Crippen LogP contribution in [0.5, 0.6) is 0 Å². The molecule has 3 unspecified atom stereocenters. The number of rotatable bonds is 7. The predicted octanol–water partition coefficient (Wildman–Crippen LogP) is 2.34. The fourth-order valence-electron chi connectivity index (χ4n) is 3.37. The summed E-state index contributed by atoms with van der Waals surface area (Å²) in [6, 6.07) is 0.747. The van der Waals surface area contributed by atoms with Crippen molar-refractivity contribution in [1.82, 2.24) is 10.2 Å². The largest absolute Gasteiger partial charge is 0.480 e. The monoisotopic (exact) mass is 282 g/mol. The number of carboxylic acid groups (broad SMARTS) is 1. The van der Waals surface area contributed by atoms with Gasteiger partial charge in [0.25, 0.3) is 0 Å². The highest BCUT2D eigenvalue weighted by atomic mass is 16.4. The van der Waals surface area contributed by atoms with Gasteiger partial charge in [0.1, 0.15) is 5.54 Å². The van der Waals surface area contributed by atoms with Crippen LogP contribution in [-0.2, 0) is 4.79 Å². The maximum atomic E-state index is 11.6. The van der Waals surface area contributed by atoms with Crippen LogP contribution in [0.25, 0.3) is 0 Å². The average molecular weight is 282 g/mol. The zero-order chi connectivity index (χ0) is 14.9. The van der Waals surface area contributed by atoms with E-state index in [9.17, 15) is 9.90 Å². The minimum Gasteiger partial charge on any atom is -0.480 e. The van der Waals surface area contributed by atoms with Gasteiger partial charge >= 0.3 is 5.97 Å². The Bertz CT molecular complexity index is 354. The number of nitrogens with one attached hydrogen (secondary N) is 1. The number of hydrogen-bond acceptors (Lipinski definition) is 3. The third-order valence-corrected chi connectivity index (χ3v) is 5.10. The Morgan fingerprint density at radius 1 is 1.35 bits per heavy atom. The lowest BCUT2D eigenvalue weighted by molar-refractivity contribution is -0.145. The fourth-order valence-corrected chi connectivity index (χ4v) is 3.37. The zero-order valence-electron chi connectivity index (χ0n) is 13.4. The van der Waals surface area contributed by atoms with Crippen molar-refractivity contribution in [2.45, 2.75) is 71.0 Å². The Labute approximate surface area is 122 Å². The lowest BCUT2D eigenvalue weighted by Crippen LogP contribution is -2.54. The summed E-state index contributed by atoms with van der Waals surface area (Å²) in [5.41, 5.74) is -0.781. The standard InChI is InChI=1S/C16H30N2O2/c1-11(2)13-7-8-18(10-13)12(3)9-16(4,15(19)20)17-14-5-6-14/h11-14,17H,5-10H2,1-4H3,(H,19,20). The highest BCUT2D eigenvalue weighted by Crippen LogP contribution is 2.29. The highest BCUT2D eigenvalue weighted by Gasteiger charge is 2.41. The normalized spacial score (nSPS) is 28.6. The van der Waals surface area contributed by atoms with E-state index < -0.39 is 11.5 Å². The van der Waals surface area contributed by atoms with Crippen LogP contribution in [0.3, 0.4) is 0 Å². The summed E-state index contributed by atoms with van der Waals surface area (Å²) in [5.74, 6) is 0.781. The molecule has 20 heavy (non-hydrogen) atoms. The zero-order valence-corrected chi connectivity index (χ0v) is 13.4. The molecule has 116 valence electrons. The number of likely N-dealkylation sites (tertiary alicyclic amines) is 1. The highest BCUT2D eigenvalue weighted by molar-refractivity contribution is 5.78. The summed E-state index contributed by atoms with van der Waals surface area (Å²) in [6.07, 6.45) is 4.18. The SMILES string of the molecule is CC(C)C1CCN(C(C)CC(C)(NC2CC2)C(=O)O)C1. The molecule has 1 aliphatic heterocycles. The van der Waals surface area contributed by atoms with Crippen LogP contribution in [0.2, 0.25) is 0 Å².